The molecule has 1 saturated heterocycles. The van der Waals surface area contributed by atoms with E-state index >= 15 is 0 Å². The summed E-state index contributed by atoms with van der Waals surface area (Å²) in [5, 5.41) is 0. The van der Waals surface area contributed by atoms with Gasteiger partial charge < -0.3 is 9.97 Å². The highest BCUT2D eigenvalue weighted by Crippen LogP contribution is 2.19. The number of fused-ring (bicyclic) bond motifs is 1. The summed E-state index contributed by atoms with van der Waals surface area (Å²) < 4.78 is 28.1. The van der Waals surface area contributed by atoms with Crippen LogP contribution in [0.1, 0.15) is 33.1 Å². The zero-order valence-electron chi connectivity index (χ0n) is 14.7. The Morgan fingerprint density at radius 2 is 1.84 bits per heavy atom. The summed E-state index contributed by atoms with van der Waals surface area (Å²) in [5.41, 5.74) is 0.744. The number of aromatic nitrogens is 2. The van der Waals surface area contributed by atoms with E-state index in [1.807, 2.05) is 0 Å². The van der Waals surface area contributed by atoms with Crippen LogP contribution in [0.2, 0.25) is 0 Å². The minimum Gasteiger partial charge on any atom is -0.306 e. The van der Waals surface area contributed by atoms with Crippen LogP contribution in [0.5, 0.6) is 0 Å². The molecular weight excluding hydrogens is 340 g/mol. The van der Waals surface area contributed by atoms with Crippen molar-refractivity contribution < 1.29 is 8.42 Å². The van der Waals surface area contributed by atoms with Gasteiger partial charge in [0.15, 0.2) is 0 Å². The zero-order chi connectivity index (χ0) is 18.0. The molecule has 1 aliphatic heterocycles. The number of imidazole rings is 1. The molecule has 7 nitrogen and oxygen atoms in total. The van der Waals surface area contributed by atoms with Gasteiger partial charge in [-0.25, -0.2) is 17.9 Å². The van der Waals surface area contributed by atoms with Crippen LogP contribution in [0.3, 0.4) is 0 Å². The largest absolute Gasteiger partial charge is 0.323 e. The van der Waals surface area contributed by atoms with Crippen molar-refractivity contribution in [2.24, 2.45) is 5.92 Å². The molecule has 8 heteroatoms. The Bertz CT molecular complexity index is 879. The summed E-state index contributed by atoms with van der Waals surface area (Å²) in [7, 11) is -3.62. The lowest BCUT2D eigenvalue weighted by atomic mass is 10.0. The van der Waals surface area contributed by atoms with E-state index < -0.39 is 10.0 Å². The smallest absolute Gasteiger partial charge is 0.306 e. The summed E-state index contributed by atoms with van der Waals surface area (Å²) in [4.78, 5) is 19.1. The van der Waals surface area contributed by atoms with Gasteiger partial charge in [0, 0.05) is 12.6 Å². The lowest BCUT2D eigenvalue weighted by Crippen LogP contribution is -2.43. The van der Waals surface area contributed by atoms with Crippen molar-refractivity contribution in [3.63, 3.8) is 0 Å². The van der Waals surface area contributed by atoms with E-state index in [4.69, 9.17) is 0 Å². The van der Waals surface area contributed by atoms with Gasteiger partial charge >= 0.3 is 5.69 Å². The van der Waals surface area contributed by atoms with Gasteiger partial charge in [-0.3, -0.25) is 4.90 Å². The predicted molar refractivity (Wildman–Crippen MR) is 98.2 cm³/mol. The van der Waals surface area contributed by atoms with Crippen LogP contribution < -0.4 is 10.4 Å². The monoisotopic (exact) mass is 366 g/mol. The van der Waals surface area contributed by atoms with E-state index in [0.29, 0.717) is 23.5 Å². The summed E-state index contributed by atoms with van der Waals surface area (Å²) in [6, 6.07) is 4.83. The highest BCUT2D eigenvalue weighted by atomic mass is 32.2. The first kappa shape index (κ1) is 18.2. The molecule has 0 aliphatic carbocycles. The average Bonchev–Trinajstić information content (AvgIpc) is 3.18. The molecule has 2 aromatic rings. The van der Waals surface area contributed by atoms with E-state index in [-0.39, 0.29) is 16.6 Å². The Hall–Kier alpha value is -1.64. The Morgan fingerprint density at radius 1 is 1.16 bits per heavy atom. The van der Waals surface area contributed by atoms with Gasteiger partial charge in [0.1, 0.15) is 0 Å². The van der Waals surface area contributed by atoms with Crippen molar-refractivity contribution in [2.75, 3.05) is 19.6 Å². The summed E-state index contributed by atoms with van der Waals surface area (Å²) >= 11 is 0. The lowest BCUT2D eigenvalue weighted by molar-refractivity contribution is 0.214. The van der Waals surface area contributed by atoms with Gasteiger partial charge in [-0.05, 0) is 56.5 Å². The zero-order valence-corrected chi connectivity index (χ0v) is 15.5. The number of hydrogen-bond donors (Lipinski definition) is 3. The van der Waals surface area contributed by atoms with Gasteiger partial charge in [-0.2, -0.15) is 0 Å². The predicted octanol–water partition coefficient (Wildman–Crippen LogP) is 1.65. The van der Waals surface area contributed by atoms with E-state index in [9.17, 15) is 13.2 Å². The minimum absolute atomic E-state index is 0.167. The van der Waals surface area contributed by atoms with Gasteiger partial charge in [-0.1, -0.05) is 13.8 Å². The topological polar surface area (TPSA) is 98.1 Å². The Morgan fingerprint density at radius 3 is 2.52 bits per heavy atom. The normalized spacial score (nSPS) is 17.6. The van der Waals surface area contributed by atoms with Crippen LogP contribution in [0.25, 0.3) is 11.0 Å². The molecule has 2 heterocycles. The van der Waals surface area contributed by atoms with Crippen LogP contribution in [0.4, 0.5) is 0 Å². The number of nitrogens with one attached hydrogen (secondary N) is 3. The van der Waals surface area contributed by atoms with Crippen molar-refractivity contribution in [1.29, 1.82) is 0 Å². The summed E-state index contributed by atoms with van der Waals surface area (Å²) in [5.74, 6) is 0.511. The molecule has 0 radical (unpaired) electrons. The third-order valence-corrected chi connectivity index (χ3v) is 6.13. The molecule has 0 spiro atoms. The number of sulfonamides is 1. The van der Waals surface area contributed by atoms with Crippen molar-refractivity contribution >= 4 is 21.1 Å². The van der Waals surface area contributed by atoms with Crippen LogP contribution in [0, 0.1) is 5.92 Å². The highest BCUT2D eigenvalue weighted by molar-refractivity contribution is 7.89. The first-order valence-electron chi connectivity index (χ1n) is 8.81. The Balaban J connectivity index is 1.75. The maximum atomic E-state index is 12.7. The van der Waals surface area contributed by atoms with Gasteiger partial charge in [0.25, 0.3) is 0 Å². The Kier molecular flexibility index (Phi) is 5.31. The van der Waals surface area contributed by atoms with Crippen molar-refractivity contribution in [1.82, 2.24) is 19.6 Å². The lowest BCUT2D eigenvalue weighted by Gasteiger charge is -2.29. The number of nitrogens with zero attached hydrogens (tertiary/aromatic N) is 1. The number of benzene rings is 1. The van der Waals surface area contributed by atoms with Crippen LogP contribution >= 0.6 is 0 Å². The maximum Gasteiger partial charge on any atom is 0.323 e. The highest BCUT2D eigenvalue weighted by Gasteiger charge is 2.25. The van der Waals surface area contributed by atoms with E-state index in [2.05, 4.69) is 33.4 Å². The van der Waals surface area contributed by atoms with Crippen LogP contribution in [-0.2, 0) is 10.0 Å². The van der Waals surface area contributed by atoms with Gasteiger partial charge in [0.05, 0.1) is 15.9 Å². The average molecular weight is 366 g/mol. The third kappa shape index (κ3) is 4.31. The molecule has 0 bridgehead atoms. The van der Waals surface area contributed by atoms with E-state index in [1.165, 1.54) is 25.0 Å². The number of rotatable bonds is 7. The van der Waals surface area contributed by atoms with Crippen molar-refractivity contribution in [2.45, 2.75) is 44.0 Å². The molecule has 1 fully saturated rings. The second-order valence-electron chi connectivity index (χ2n) is 7.16. The molecule has 25 heavy (non-hydrogen) atoms. The fourth-order valence-corrected chi connectivity index (χ4v) is 4.58. The van der Waals surface area contributed by atoms with Gasteiger partial charge in [-0.15, -0.1) is 0 Å². The molecule has 3 rings (SSSR count). The molecule has 1 aliphatic rings. The molecule has 3 N–H and O–H groups in total. The number of H-pyrrole nitrogens is 2. The fraction of sp³-hybridized carbons (Fsp3) is 0.588. The van der Waals surface area contributed by atoms with Crippen LogP contribution in [0.15, 0.2) is 27.9 Å². The van der Waals surface area contributed by atoms with Crippen molar-refractivity contribution in [3.05, 3.63) is 28.7 Å². The summed E-state index contributed by atoms with van der Waals surface area (Å²) in [6.07, 6.45) is 3.32. The first-order valence-corrected chi connectivity index (χ1v) is 10.3. The number of likely N-dealkylation sites (tertiary alicyclic amines) is 1. The molecule has 0 saturated carbocycles. The van der Waals surface area contributed by atoms with E-state index in [0.717, 1.165) is 19.5 Å². The molecule has 1 unspecified atom stereocenters. The quantitative estimate of drug-likeness (QED) is 0.694. The van der Waals surface area contributed by atoms with Crippen LogP contribution in [-0.4, -0.2) is 49.0 Å². The number of hydrogen-bond acceptors (Lipinski definition) is 4. The number of aromatic amines is 2. The third-order valence-electron chi connectivity index (χ3n) is 4.71. The summed E-state index contributed by atoms with van der Waals surface area (Å²) in [6.45, 7) is 6.80. The second-order valence-corrected chi connectivity index (χ2v) is 8.93. The molecule has 138 valence electrons. The molecule has 1 atom stereocenters. The SMILES string of the molecule is CC(C)CC(CNS(=O)(=O)c1ccc2[nH]c(=O)[nH]c2c1)N1CCCC1. The fourth-order valence-electron chi connectivity index (χ4n) is 3.48. The second kappa shape index (κ2) is 7.31. The Labute approximate surface area is 147 Å². The molecule has 1 aromatic heterocycles. The molecule has 0 amide bonds. The molecule has 1 aromatic carbocycles. The maximum absolute atomic E-state index is 12.7. The van der Waals surface area contributed by atoms with E-state index in [1.54, 1.807) is 6.07 Å². The molecular formula is C17H26N4O3S. The first-order chi connectivity index (χ1) is 11.8. The minimum atomic E-state index is -3.62. The van der Waals surface area contributed by atoms with Gasteiger partial charge in [0.2, 0.25) is 10.0 Å². The standard InChI is InChI=1S/C17H26N4O3S/c1-12(2)9-13(21-7-3-4-8-21)11-18-25(23,24)14-5-6-15-16(10-14)20-17(22)19-15/h5-6,10,12-13,18H,3-4,7-9,11H2,1-2H3,(H2,19,20,22). The van der Waals surface area contributed by atoms with Crippen molar-refractivity contribution in [3.8, 4) is 0 Å².